The Morgan fingerprint density at radius 1 is 1.22 bits per heavy atom. The van der Waals surface area contributed by atoms with Crippen molar-refractivity contribution in [3.8, 4) is 5.88 Å². The molecule has 2 N–H and O–H groups in total. The number of carboxylic acid groups (broad SMARTS) is 1. The van der Waals surface area contributed by atoms with E-state index in [9.17, 15) is 26.3 Å². The number of hydrogen-bond acceptors (Lipinski definition) is 5. The van der Waals surface area contributed by atoms with Crippen molar-refractivity contribution in [3.63, 3.8) is 0 Å². The van der Waals surface area contributed by atoms with E-state index in [0.29, 0.717) is 6.54 Å². The third kappa shape index (κ3) is 8.78. The van der Waals surface area contributed by atoms with Gasteiger partial charge in [0, 0.05) is 25.5 Å². The van der Waals surface area contributed by atoms with Crippen LogP contribution in [0.1, 0.15) is 5.56 Å². The molecule has 0 saturated carbocycles. The summed E-state index contributed by atoms with van der Waals surface area (Å²) in [5.41, 5.74) is 1.69. The minimum atomic E-state index is -5.08. The van der Waals surface area contributed by atoms with Gasteiger partial charge in [0.25, 0.3) is 0 Å². The number of aromatic nitrogens is 3. The summed E-state index contributed by atoms with van der Waals surface area (Å²) >= 11 is 0. The fourth-order valence-corrected chi connectivity index (χ4v) is 1.51. The number of nitrogens with zero attached hydrogens (tertiary/aromatic N) is 3. The molecule has 0 unspecified atom stereocenters. The number of pyridine rings is 1. The maximum atomic E-state index is 12.0. The number of carbonyl (C=O) groups is 1. The van der Waals surface area contributed by atoms with Crippen LogP contribution in [0.4, 0.5) is 32.0 Å². The molecule has 2 heterocycles. The molecule has 150 valence electrons. The van der Waals surface area contributed by atoms with Crippen LogP contribution in [0.2, 0.25) is 0 Å². The zero-order valence-electron chi connectivity index (χ0n) is 13.7. The van der Waals surface area contributed by atoms with Gasteiger partial charge in [0.05, 0.1) is 18.4 Å². The topological polar surface area (TPSA) is 89.3 Å². The molecule has 7 nitrogen and oxygen atoms in total. The first-order valence-electron chi connectivity index (χ1n) is 7.05. The van der Waals surface area contributed by atoms with E-state index >= 15 is 0 Å². The van der Waals surface area contributed by atoms with Crippen LogP contribution < -0.4 is 10.1 Å². The summed E-state index contributed by atoms with van der Waals surface area (Å²) in [5.74, 6) is -2.81. The Morgan fingerprint density at radius 3 is 2.26 bits per heavy atom. The Morgan fingerprint density at radius 2 is 1.85 bits per heavy atom. The molecule has 0 amide bonds. The van der Waals surface area contributed by atoms with E-state index in [-0.39, 0.29) is 5.88 Å². The lowest BCUT2D eigenvalue weighted by molar-refractivity contribution is -0.192. The van der Waals surface area contributed by atoms with E-state index in [2.05, 4.69) is 20.1 Å². The number of hydrogen-bond donors (Lipinski definition) is 2. The predicted octanol–water partition coefficient (Wildman–Crippen LogP) is 2.94. The summed E-state index contributed by atoms with van der Waals surface area (Å²) in [6.45, 7) is -0.863. The molecule has 0 saturated heterocycles. The van der Waals surface area contributed by atoms with Gasteiger partial charge in [-0.2, -0.15) is 31.4 Å². The maximum Gasteiger partial charge on any atom is 0.490 e. The molecular weight excluding hydrogens is 386 g/mol. The SMILES string of the molecule is CNc1cnn(Cc2ccc(OCC(F)(F)F)nc2)c1.O=C(O)C(F)(F)F. The summed E-state index contributed by atoms with van der Waals surface area (Å²) in [7, 11) is 1.79. The highest BCUT2D eigenvalue weighted by Crippen LogP contribution is 2.17. The minimum Gasteiger partial charge on any atom is -0.475 e. The summed E-state index contributed by atoms with van der Waals surface area (Å²) in [4.78, 5) is 12.7. The lowest BCUT2D eigenvalue weighted by atomic mass is 10.3. The quantitative estimate of drug-likeness (QED) is 0.751. The van der Waals surface area contributed by atoms with Gasteiger partial charge < -0.3 is 15.2 Å². The van der Waals surface area contributed by atoms with E-state index in [4.69, 9.17) is 9.90 Å². The second kappa shape index (κ2) is 9.09. The van der Waals surface area contributed by atoms with Crippen molar-refractivity contribution < 1.29 is 41.0 Å². The number of halogens is 6. The highest BCUT2D eigenvalue weighted by Gasteiger charge is 2.38. The molecule has 0 bridgehead atoms. The van der Waals surface area contributed by atoms with E-state index in [1.54, 1.807) is 24.0 Å². The monoisotopic (exact) mass is 400 g/mol. The normalized spacial score (nSPS) is 11.4. The minimum absolute atomic E-state index is 0.0533. The first kappa shape index (κ1) is 22.1. The zero-order chi connectivity index (χ0) is 20.7. The van der Waals surface area contributed by atoms with Crippen LogP contribution >= 0.6 is 0 Å². The predicted molar refractivity (Wildman–Crippen MR) is 80.4 cm³/mol. The van der Waals surface area contributed by atoms with Crippen molar-refractivity contribution in [1.82, 2.24) is 14.8 Å². The van der Waals surface area contributed by atoms with Gasteiger partial charge in [-0.25, -0.2) is 9.78 Å². The van der Waals surface area contributed by atoms with E-state index in [1.165, 1.54) is 12.3 Å². The van der Waals surface area contributed by atoms with Gasteiger partial charge in [-0.3, -0.25) is 4.68 Å². The average molecular weight is 400 g/mol. The molecule has 13 heteroatoms. The Hall–Kier alpha value is -2.99. The van der Waals surface area contributed by atoms with Crippen molar-refractivity contribution in [2.24, 2.45) is 0 Å². The molecule has 0 spiro atoms. The van der Waals surface area contributed by atoms with Crippen LogP contribution in [0.25, 0.3) is 0 Å². The molecule has 0 radical (unpaired) electrons. The van der Waals surface area contributed by atoms with Gasteiger partial charge in [0.2, 0.25) is 5.88 Å². The number of nitrogens with one attached hydrogen (secondary N) is 1. The molecule has 0 aliphatic rings. The van der Waals surface area contributed by atoms with Crippen LogP contribution in [0.15, 0.2) is 30.7 Å². The summed E-state index contributed by atoms with van der Waals surface area (Å²) < 4.78 is 73.9. The molecule has 0 aliphatic carbocycles. The third-order valence-corrected chi connectivity index (χ3v) is 2.69. The lowest BCUT2D eigenvalue weighted by Crippen LogP contribution is -2.21. The number of alkyl halides is 6. The van der Waals surface area contributed by atoms with Gasteiger partial charge in [0.1, 0.15) is 0 Å². The van der Waals surface area contributed by atoms with E-state index < -0.39 is 24.9 Å². The standard InChI is InChI=1S/C12H13F3N4O.C2HF3O2/c1-16-10-5-18-19(7-10)6-9-2-3-11(17-4-9)20-8-12(13,14)15;3-2(4,5)1(6)7/h2-5,7,16H,6,8H2,1H3;(H,6,7). The molecule has 2 aromatic heterocycles. The van der Waals surface area contributed by atoms with Crippen LogP contribution in [0.3, 0.4) is 0 Å². The van der Waals surface area contributed by atoms with Gasteiger partial charge in [-0.15, -0.1) is 0 Å². The van der Waals surface area contributed by atoms with Crippen molar-refractivity contribution in [3.05, 3.63) is 36.3 Å². The third-order valence-electron chi connectivity index (χ3n) is 2.69. The van der Waals surface area contributed by atoms with Gasteiger partial charge in [0.15, 0.2) is 6.61 Å². The second-order valence-corrected chi connectivity index (χ2v) is 4.89. The number of ether oxygens (including phenoxy) is 1. The Kier molecular flexibility index (Phi) is 7.43. The fraction of sp³-hybridized carbons (Fsp3) is 0.357. The highest BCUT2D eigenvalue weighted by atomic mass is 19.4. The molecule has 0 aliphatic heterocycles. The summed E-state index contributed by atoms with van der Waals surface area (Å²) in [6.07, 6.45) is -4.49. The van der Waals surface area contributed by atoms with Crippen LogP contribution in [-0.4, -0.2) is 51.8 Å². The van der Waals surface area contributed by atoms with E-state index in [1.807, 2.05) is 6.20 Å². The van der Waals surface area contributed by atoms with Gasteiger partial charge in [-0.05, 0) is 5.56 Å². The van der Waals surface area contributed by atoms with Crippen molar-refractivity contribution in [1.29, 1.82) is 0 Å². The Balaban J connectivity index is 0.000000445. The Labute approximate surface area is 148 Å². The number of carboxylic acids is 1. The second-order valence-electron chi connectivity index (χ2n) is 4.89. The highest BCUT2D eigenvalue weighted by molar-refractivity contribution is 5.73. The fourth-order valence-electron chi connectivity index (χ4n) is 1.51. The van der Waals surface area contributed by atoms with Crippen molar-refractivity contribution >= 4 is 11.7 Å². The summed E-state index contributed by atoms with van der Waals surface area (Å²) in [5, 5.41) is 14.2. The molecule has 2 aromatic rings. The molecule has 0 atom stereocenters. The first-order chi connectivity index (χ1) is 12.4. The van der Waals surface area contributed by atoms with Crippen molar-refractivity contribution in [2.75, 3.05) is 19.0 Å². The molecule has 0 aromatic carbocycles. The van der Waals surface area contributed by atoms with Crippen LogP contribution in [-0.2, 0) is 11.3 Å². The van der Waals surface area contributed by atoms with Gasteiger partial charge in [-0.1, -0.05) is 6.07 Å². The maximum absolute atomic E-state index is 12.0. The zero-order valence-corrected chi connectivity index (χ0v) is 13.7. The molecule has 2 rings (SSSR count). The number of aliphatic carboxylic acids is 1. The number of rotatable bonds is 5. The van der Waals surface area contributed by atoms with Crippen LogP contribution in [0.5, 0.6) is 5.88 Å². The van der Waals surface area contributed by atoms with Gasteiger partial charge >= 0.3 is 18.3 Å². The lowest BCUT2D eigenvalue weighted by Gasteiger charge is -2.08. The summed E-state index contributed by atoms with van der Waals surface area (Å²) in [6, 6.07) is 3.06. The smallest absolute Gasteiger partial charge is 0.475 e. The first-order valence-corrected chi connectivity index (χ1v) is 7.05. The largest absolute Gasteiger partial charge is 0.490 e. The molecular formula is C14H14F6N4O3. The van der Waals surface area contributed by atoms with Crippen LogP contribution in [0, 0.1) is 0 Å². The Bertz CT molecular complexity index is 728. The molecule has 27 heavy (non-hydrogen) atoms. The molecule has 0 fully saturated rings. The van der Waals surface area contributed by atoms with Crippen molar-refractivity contribution in [2.45, 2.75) is 18.9 Å². The van der Waals surface area contributed by atoms with E-state index in [0.717, 1.165) is 11.3 Å². The number of anilines is 1. The average Bonchev–Trinajstić information content (AvgIpc) is 3.01.